The Balaban J connectivity index is 1.54. The number of hydrogen-bond donors (Lipinski definition) is 3. The van der Waals surface area contributed by atoms with Crippen molar-refractivity contribution >= 4 is 17.6 Å². The molecule has 2 aliphatic rings. The maximum Gasteiger partial charge on any atom is 0.407 e. The second-order valence-electron chi connectivity index (χ2n) is 7.02. The molecule has 1 aliphatic carbocycles. The number of amides is 1. The van der Waals surface area contributed by atoms with Gasteiger partial charge in [-0.15, -0.1) is 0 Å². The van der Waals surface area contributed by atoms with Gasteiger partial charge in [0.1, 0.15) is 18.3 Å². The molecule has 7 heteroatoms. The Labute approximate surface area is 124 Å². The molecule has 116 valence electrons. The number of rotatable bonds is 2. The smallest absolute Gasteiger partial charge is 0.407 e. The van der Waals surface area contributed by atoms with Crippen LogP contribution in [0.25, 0.3) is 0 Å². The van der Waals surface area contributed by atoms with Crippen molar-refractivity contribution in [2.75, 3.05) is 23.7 Å². The molecule has 2 fully saturated rings. The third-order valence-electron chi connectivity index (χ3n) is 4.17. The van der Waals surface area contributed by atoms with E-state index < -0.39 is 5.60 Å². The number of carbonyl (C=O) groups excluding carboxylic acids is 1. The zero-order valence-electron chi connectivity index (χ0n) is 13.0. The van der Waals surface area contributed by atoms with Crippen LogP contribution >= 0.6 is 0 Å². The molecule has 3 rings (SSSR count). The van der Waals surface area contributed by atoms with Crippen LogP contribution in [-0.4, -0.2) is 35.9 Å². The van der Waals surface area contributed by atoms with E-state index in [1.54, 1.807) is 6.20 Å². The molecular formula is C14H24N5O2+. The number of H-pyrrole nitrogens is 1. The molecule has 2 atom stereocenters. The standard InChI is InChI=1S/C14H23N5O2/c1-14(2,3)21-13(20)17-11-8-6-19(7-9(8)11)12-10(15)5-16-18(12)4/h5,8-9,11H,6-7,15H2,1-4H3,(H,17,20)/p+1. The molecular weight excluding hydrogens is 270 g/mol. The van der Waals surface area contributed by atoms with Gasteiger partial charge in [0, 0.05) is 17.9 Å². The van der Waals surface area contributed by atoms with Crippen LogP contribution in [0.3, 0.4) is 0 Å². The summed E-state index contributed by atoms with van der Waals surface area (Å²) in [7, 11) is 1.95. The van der Waals surface area contributed by atoms with Crippen molar-refractivity contribution in [1.29, 1.82) is 0 Å². The second-order valence-corrected chi connectivity index (χ2v) is 7.02. The first kappa shape index (κ1) is 14.0. The van der Waals surface area contributed by atoms with E-state index in [-0.39, 0.29) is 12.1 Å². The Hall–Kier alpha value is -1.92. The zero-order chi connectivity index (χ0) is 15.4. The third-order valence-corrected chi connectivity index (χ3v) is 4.17. The van der Waals surface area contributed by atoms with Gasteiger partial charge >= 0.3 is 11.9 Å². The van der Waals surface area contributed by atoms with Crippen molar-refractivity contribution in [1.82, 2.24) is 10.4 Å². The first-order valence-corrected chi connectivity index (χ1v) is 7.33. The fourth-order valence-corrected chi connectivity index (χ4v) is 3.24. The van der Waals surface area contributed by atoms with Gasteiger partial charge < -0.3 is 15.8 Å². The number of piperidine rings is 1. The SMILES string of the molecule is C[n+]1[nH]cc(N)c1N1CC2C(C1)C2NC(=O)OC(C)(C)C. The van der Waals surface area contributed by atoms with Crippen molar-refractivity contribution < 1.29 is 14.2 Å². The molecule has 4 N–H and O–H groups in total. The second kappa shape index (κ2) is 4.54. The first-order chi connectivity index (χ1) is 9.76. The Kier molecular flexibility index (Phi) is 3.04. The van der Waals surface area contributed by atoms with Gasteiger partial charge in [-0.05, 0) is 20.8 Å². The molecule has 1 aliphatic heterocycles. The molecule has 1 aromatic rings. The van der Waals surface area contributed by atoms with Gasteiger partial charge in [0.05, 0.1) is 19.3 Å². The minimum absolute atomic E-state index is 0.238. The average molecular weight is 294 g/mol. The van der Waals surface area contributed by atoms with E-state index in [0.717, 1.165) is 24.6 Å². The minimum Gasteiger partial charge on any atom is -0.444 e. The molecule has 0 radical (unpaired) electrons. The van der Waals surface area contributed by atoms with Crippen molar-refractivity contribution in [3.63, 3.8) is 0 Å². The quantitative estimate of drug-likeness (QED) is 0.688. The largest absolute Gasteiger partial charge is 0.444 e. The summed E-state index contributed by atoms with van der Waals surface area (Å²) >= 11 is 0. The van der Waals surface area contributed by atoms with E-state index in [9.17, 15) is 4.79 Å². The summed E-state index contributed by atoms with van der Waals surface area (Å²) in [4.78, 5) is 14.1. The molecule has 1 saturated heterocycles. The molecule has 0 spiro atoms. The fraction of sp³-hybridized carbons (Fsp3) is 0.714. The topological polar surface area (TPSA) is 87.3 Å². The number of anilines is 2. The van der Waals surface area contributed by atoms with Gasteiger partial charge in [0.2, 0.25) is 0 Å². The van der Waals surface area contributed by atoms with Gasteiger partial charge in [-0.25, -0.2) is 9.89 Å². The van der Waals surface area contributed by atoms with E-state index in [1.807, 2.05) is 32.5 Å². The third kappa shape index (κ3) is 2.64. The summed E-state index contributed by atoms with van der Waals surface area (Å²) in [6.07, 6.45) is 1.48. The highest BCUT2D eigenvalue weighted by molar-refractivity contribution is 5.69. The number of nitrogens with zero attached hydrogens (tertiary/aromatic N) is 2. The Morgan fingerprint density at radius 3 is 2.57 bits per heavy atom. The number of carbonyl (C=O) groups is 1. The van der Waals surface area contributed by atoms with Crippen LogP contribution in [0, 0.1) is 11.8 Å². The Bertz CT molecular complexity index is 531. The maximum atomic E-state index is 11.8. The minimum atomic E-state index is -0.451. The highest BCUT2D eigenvalue weighted by Gasteiger charge is 2.60. The molecule has 1 amide bonds. The Morgan fingerprint density at radius 2 is 2.10 bits per heavy atom. The molecule has 7 nitrogen and oxygen atoms in total. The molecule has 1 saturated carbocycles. The van der Waals surface area contributed by atoms with Gasteiger partial charge in [-0.3, -0.25) is 4.90 Å². The Morgan fingerprint density at radius 1 is 1.48 bits per heavy atom. The van der Waals surface area contributed by atoms with Crippen molar-refractivity contribution in [3.8, 4) is 0 Å². The predicted molar refractivity (Wildman–Crippen MR) is 78.7 cm³/mol. The van der Waals surface area contributed by atoms with E-state index in [4.69, 9.17) is 10.5 Å². The lowest BCUT2D eigenvalue weighted by Crippen LogP contribution is -2.42. The van der Waals surface area contributed by atoms with E-state index in [0.29, 0.717) is 11.8 Å². The number of alkyl carbamates (subject to hydrolysis) is 1. The van der Waals surface area contributed by atoms with Crippen LogP contribution < -0.4 is 20.6 Å². The van der Waals surface area contributed by atoms with E-state index >= 15 is 0 Å². The molecule has 0 aromatic carbocycles. The average Bonchev–Trinajstić information content (AvgIpc) is 2.72. The number of fused-ring (bicyclic) bond motifs is 1. The number of hydrogen-bond acceptors (Lipinski definition) is 4. The summed E-state index contributed by atoms with van der Waals surface area (Å²) < 4.78 is 7.23. The van der Waals surface area contributed by atoms with Crippen molar-refractivity contribution in [3.05, 3.63) is 6.20 Å². The molecule has 0 bridgehead atoms. The zero-order valence-corrected chi connectivity index (χ0v) is 13.0. The predicted octanol–water partition coefficient (Wildman–Crippen LogP) is 0.381. The lowest BCUT2D eigenvalue weighted by molar-refractivity contribution is -0.714. The lowest BCUT2D eigenvalue weighted by atomic mass is 10.2. The van der Waals surface area contributed by atoms with Crippen molar-refractivity contribution in [2.24, 2.45) is 18.9 Å². The number of nitrogens with one attached hydrogen (secondary N) is 2. The van der Waals surface area contributed by atoms with Gasteiger partial charge in [0.25, 0.3) is 0 Å². The van der Waals surface area contributed by atoms with Gasteiger partial charge in [-0.1, -0.05) is 0 Å². The van der Waals surface area contributed by atoms with Crippen LogP contribution in [0.2, 0.25) is 0 Å². The molecule has 1 aromatic heterocycles. The summed E-state index contributed by atoms with van der Waals surface area (Å²) in [6.45, 7) is 7.45. The van der Waals surface area contributed by atoms with Gasteiger partial charge in [-0.2, -0.15) is 4.68 Å². The summed E-state index contributed by atoms with van der Waals surface area (Å²) in [5.74, 6) is 2.01. The molecule has 21 heavy (non-hydrogen) atoms. The van der Waals surface area contributed by atoms with Crippen LogP contribution in [0.4, 0.5) is 16.3 Å². The lowest BCUT2D eigenvalue weighted by Gasteiger charge is -2.21. The van der Waals surface area contributed by atoms with E-state index in [2.05, 4.69) is 15.3 Å². The summed E-state index contributed by atoms with van der Waals surface area (Å²) in [5, 5.41) is 6.05. The number of aromatic nitrogens is 2. The maximum absolute atomic E-state index is 11.8. The van der Waals surface area contributed by atoms with Crippen LogP contribution in [0.5, 0.6) is 0 Å². The first-order valence-electron chi connectivity index (χ1n) is 7.33. The summed E-state index contributed by atoms with van der Waals surface area (Å²) in [6, 6.07) is 0.238. The molecule has 2 heterocycles. The van der Waals surface area contributed by atoms with Crippen LogP contribution in [0.15, 0.2) is 6.20 Å². The normalized spacial score (nSPS) is 27.4. The monoisotopic (exact) mass is 294 g/mol. The number of nitrogens with two attached hydrogens (primary N) is 1. The fourth-order valence-electron chi connectivity index (χ4n) is 3.24. The van der Waals surface area contributed by atoms with E-state index in [1.165, 1.54) is 0 Å². The number of ether oxygens (including phenoxy) is 1. The highest BCUT2D eigenvalue weighted by atomic mass is 16.6. The summed E-state index contributed by atoms with van der Waals surface area (Å²) in [5.41, 5.74) is 6.29. The number of aromatic amines is 1. The number of nitrogen functional groups attached to an aromatic ring is 1. The van der Waals surface area contributed by atoms with Crippen molar-refractivity contribution in [2.45, 2.75) is 32.4 Å². The highest BCUT2D eigenvalue weighted by Crippen LogP contribution is 2.47. The van der Waals surface area contributed by atoms with Crippen LogP contribution in [0.1, 0.15) is 20.8 Å². The van der Waals surface area contributed by atoms with Crippen LogP contribution in [-0.2, 0) is 11.8 Å². The van der Waals surface area contributed by atoms with Gasteiger partial charge in [0.15, 0.2) is 0 Å². The molecule has 2 unspecified atom stereocenters. The number of aryl methyl sites for hydroxylation is 1.